The fourth-order valence-corrected chi connectivity index (χ4v) is 10.3. The minimum absolute atomic E-state index is 0.0229. The van der Waals surface area contributed by atoms with Crippen LogP contribution >= 0.6 is 0 Å². The predicted octanol–water partition coefficient (Wildman–Crippen LogP) is 7.24. The molecule has 4 aliphatic rings. The number of fused-ring (bicyclic) bond motifs is 5. The molecule has 0 heterocycles. The Bertz CT molecular complexity index is 703. The van der Waals surface area contributed by atoms with Gasteiger partial charge in [0.05, 0.1) is 24.4 Å². The van der Waals surface area contributed by atoms with E-state index in [9.17, 15) is 10.2 Å². The van der Waals surface area contributed by atoms with Crippen molar-refractivity contribution in [1.29, 1.82) is 0 Å². The lowest BCUT2D eigenvalue weighted by Crippen LogP contribution is -2.65. The zero-order valence-corrected chi connectivity index (χ0v) is 23.5. The first-order valence-corrected chi connectivity index (χ1v) is 14.8. The highest BCUT2D eigenvalue weighted by molar-refractivity contribution is 5.15. The van der Waals surface area contributed by atoms with Crippen LogP contribution in [0.25, 0.3) is 0 Å². The Balaban J connectivity index is 1.52. The van der Waals surface area contributed by atoms with Crippen LogP contribution in [0.5, 0.6) is 0 Å². The molecular weight excluding hydrogens is 420 g/mol. The quantitative estimate of drug-likeness (QED) is 0.388. The second-order valence-corrected chi connectivity index (χ2v) is 14.6. The summed E-state index contributed by atoms with van der Waals surface area (Å²) in [4.78, 5) is 0. The number of ether oxygens (including phenoxy) is 1. The van der Waals surface area contributed by atoms with E-state index in [-0.39, 0.29) is 12.0 Å². The van der Waals surface area contributed by atoms with Gasteiger partial charge < -0.3 is 14.9 Å². The third-order valence-corrected chi connectivity index (χ3v) is 12.3. The molecule has 3 heteroatoms. The molecule has 0 bridgehead atoms. The zero-order chi connectivity index (χ0) is 24.9. The first-order valence-electron chi connectivity index (χ1n) is 14.8. The number of hydrogen-bond donors (Lipinski definition) is 2. The summed E-state index contributed by atoms with van der Waals surface area (Å²) in [5.41, 5.74) is -0.644. The molecule has 2 N–H and O–H groups in total. The molecule has 0 radical (unpaired) electrons. The van der Waals surface area contributed by atoms with E-state index in [0.717, 1.165) is 48.3 Å². The highest BCUT2D eigenvalue weighted by Gasteiger charge is 2.65. The van der Waals surface area contributed by atoms with Gasteiger partial charge in [-0.1, -0.05) is 53.9 Å². The molecule has 4 saturated carbocycles. The third-order valence-electron chi connectivity index (χ3n) is 12.3. The molecule has 198 valence electrons. The Morgan fingerprint density at radius 3 is 2.26 bits per heavy atom. The molecule has 0 spiro atoms. The molecule has 0 aromatic carbocycles. The monoisotopic (exact) mass is 476 g/mol. The zero-order valence-electron chi connectivity index (χ0n) is 23.5. The molecular formula is C31H56O3. The molecule has 0 aromatic heterocycles. The van der Waals surface area contributed by atoms with E-state index in [0.29, 0.717) is 17.9 Å². The number of aliphatic hydroxyl groups excluding tert-OH is 1. The van der Waals surface area contributed by atoms with E-state index in [1.165, 1.54) is 57.8 Å². The summed E-state index contributed by atoms with van der Waals surface area (Å²) in [7, 11) is 0. The second kappa shape index (κ2) is 9.64. The van der Waals surface area contributed by atoms with Gasteiger partial charge in [0.2, 0.25) is 0 Å². The summed E-state index contributed by atoms with van der Waals surface area (Å²) in [6, 6.07) is 0. The Labute approximate surface area is 210 Å². The molecule has 3 nitrogen and oxygen atoms in total. The summed E-state index contributed by atoms with van der Waals surface area (Å²) in [6.07, 6.45) is 14.2. The van der Waals surface area contributed by atoms with Crippen molar-refractivity contribution >= 4 is 0 Å². The van der Waals surface area contributed by atoms with Gasteiger partial charge >= 0.3 is 0 Å². The number of rotatable bonds is 8. The van der Waals surface area contributed by atoms with Crippen LogP contribution in [0.15, 0.2) is 0 Å². The number of hydrogen-bond acceptors (Lipinski definition) is 3. The maximum absolute atomic E-state index is 11.5. The lowest BCUT2D eigenvalue weighted by Gasteiger charge is -2.65. The average Bonchev–Trinajstić information content (AvgIpc) is 3.10. The summed E-state index contributed by atoms with van der Waals surface area (Å²) >= 11 is 0. The van der Waals surface area contributed by atoms with E-state index in [2.05, 4.69) is 41.5 Å². The Morgan fingerprint density at radius 1 is 0.882 bits per heavy atom. The van der Waals surface area contributed by atoms with Gasteiger partial charge in [-0.25, -0.2) is 0 Å². The van der Waals surface area contributed by atoms with E-state index in [1.54, 1.807) is 0 Å². The van der Waals surface area contributed by atoms with Crippen LogP contribution in [0.3, 0.4) is 0 Å². The van der Waals surface area contributed by atoms with Crippen LogP contribution < -0.4 is 0 Å². The van der Waals surface area contributed by atoms with Crippen LogP contribution in [0.4, 0.5) is 0 Å². The second-order valence-electron chi connectivity index (χ2n) is 14.6. The molecule has 0 amide bonds. The molecule has 34 heavy (non-hydrogen) atoms. The van der Waals surface area contributed by atoms with Gasteiger partial charge in [-0.2, -0.15) is 0 Å². The smallest absolute Gasteiger partial charge is 0.0944 e. The van der Waals surface area contributed by atoms with Gasteiger partial charge in [0.25, 0.3) is 0 Å². The molecule has 0 aromatic rings. The largest absolute Gasteiger partial charge is 0.394 e. The molecule has 0 saturated heterocycles. The molecule has 0 unspecified atom stereocenters. The maximum atomic E-state index is 11.5. The average molecular weight is 477 g/mol. The first-order chi connectivity index (χ1) is 15.9. The molecule has 10 atom stereocenters. The maximum Gasteiger partial charge on any atom is 0.0944 e. The van der Waals surface area contributed by atoms with Crippen molar-refractivity contribution in [3.63, 3.8) is 0 Å². The van der Waals surface area contributed by atoms with Crippen molar-refractivity contribution in [2.45, 2.75) is 130 Å². The van der Waals surface area contributed by atoms with Crippen molar-refractivity contribution in [3.8, 4) is 0 Å². The summed E-state index contributed by atoms with van der Waals surface area (Å²) in [5.74, 6) is 5.66. The van der Waals surface area contributed by atoms with Crippen molar-refractivity contribution in [3.05, 3.63) is 0 Å². The lowest BCUT2D eigenvalue weighted by atomic mass is 9.42. The number of aliphatic hydroxyl groups is 2. The van der Waals surface area contributed by atoms with Gasteiger partial charge in [-0.05, 0) is 117 Å². The topological polar surface area (TPSA) is 49.7 Å². The van der Waals surface area contributed by atoms with E-state index in [4.69, 9.17) is 4.74 Å². The van der Waals surface area contributed by atoms with E-state index in [1.807, 2.05) is 6.92 Å². The summed E-state index contributed by atoms with van der Waals surface area (Å²) < 4.78 is 6.24. The van der Waals surface area contributed by atoms with Gasteiger partial charge in [-0.3, -0.25) is 0 Å². The Kier molecular flexibility index (Phi) is 7.63. The summed E-state index contributed by atoms with van der Waals surface area (Å²) in [6.45, 7) is 17.0. The van der Waals surface area contributed by atoms with Gasteiger partial charge in [0.15, 0.2) is 0 Å². The van der Waals surface area contributed by atoms with Crippen LogP contribution in [0, 0.1) is 52.3 Å². The van der Waals surface area contributed by atoms with E-state index < -0.39 is 11.2 Å². The minimum Gasteiger partial charge on any atom is -0.394 e. The van der Waals surface area contributed by atoms with Gasteiger partial charge in [0.1, 0.15) is 0 Å². The standard InChI is InChI=1S/C31H56O3/c1-21(2)9-8-10-22(3)25-13-14-26-24-12-11-23-19-30(6,33)31(7,34-18-17-32)20-29(23,5)27(24)15-16-28(25,26)4/h21-27,32-33H,8-20H2,1-7H3/t22-,23+,24+,25-,26+,27+,28-,29+,30-,31-/m1/s1. The van der Waals surface area contributed by atoms with Gasteiger partial charge in [-0.15, -0.1) is 0 Å². The van der Waals surface area contributed by atoms with Crippen molar-refractivity contribution in [2.24, 2.45) is 52.3 Å². The highest BCUT2D eigenvalue weighted by atomic mass is 16.5. The van der Waals surface area contributed by atoms with Crippen LogP contribution in [0.1, 0.15) is 119 Å². The fraction of sp³-hybridized carbons (Fsp3) is 1.00. The normalized spacial score (nSPS) is 49.4. The fourth-order valence-electron chi connectivity index (χ4n) is 10.3. The minimum atomic E-state index is -0.827. The summed E-state index contributed by atoms with van der Waals surface area (Å²) in [5, 5.41) is 20.9. The Morgan fingerprint density at radius 2 is 1.59 bits per heavy atom. The van der Waals surface area contributed by atoms with Crippen LogP contribution in [-0.2, 0) is 4.74 Å². The highest BCUT2D eigenvalue weighted by Crippen LogP contribution is 2.70. The molecule has 4 rings (SSSR count). The molecule has 0 aliphatic heterocycles. The van der Waals surface area contributed by atoms with E-state index >= 15 is 0 Å². The van der Waals surface area contributed by atoms with Crippen molar-refractivity contribution < 1.29 is 14.9 Å². The van der Waals surface area contributed by atoms with Gasteiger partial charge in [0, 0.05) is 0 Å². The van der Waals surface area contributed by atoms with Crippen molar-refractivity contribution in [2.75, 3.05) is 13.2 Å². The molecule has 4 fully saturated rings. The van der Waals surface area contributed by atoms with Crippen LogP contribution in [0.2, 0.25) is 0 Å². The van der Waals surface area contributed by atoms with Crippen molar-refractivity contribution in [1.82, 2.24) is 0 Å². The third kappa shape index (κ3) is 4.43. The Hall–Kier alpha value is -0.120. The SMILES string of the molecule is CC(C)CCC[C@@H](C)[C@H]1CC[C@H]2[C@@H]3CC[C@H]4C[C@@](C)(O)[C@](C)(OCCO)C[C@]4(C)[C@H]3CC[C@]12C. The van der Waals surface area contributed by atoms with Crippen LogP contribution in [-0.4, -0.2) is 34.6 Å². The molecule has 4 aliphatic carbocycles. The lowest BCUT2D eigenvalue weighted by molar-refractivity contribution is -0.251. The predicted molar refractivity (Wildman–Crippen MR) is 141 cm³/mol. The first kappa shape index (κ1) is 26.9.